The Kier molecular flexibility index (Phi) is 7.50. The van der Waals surface area contributed by atoms with Gasteiger partial charge in [0.25, 0.3) is 11.8 Å². The van der Waals surface area contributed by atoms with E-state index in [4.69, 9.17) is 4.52 Å². The first-order chi connectivity index (χ1) is 16.6. The molecule has 6 heteroatoms. The van der Waals surface area contributed by atoms with E-state index in [0.29, 0.717) is 30.8 Å². The average Bonchev–Trinajstić information content (AvgIpc) is 3.35. The number of benzene rings is 3. The van der Waals surface area contributed by atoms with Crippen molar-refractivity contribution < 1.29 is 14.1 Å². The van der Waals surface area contributed by atoms with E-state index in [1.807, 2.05) is 79.7 Å². The Bertz CT molecular complexity index is 1220. The third-order valence-corrected chi connectivity index (χ3v) is 5.53. The van der Waals surface area contributed by atoms with Crippen LogP contribution >= 0.6 is 0 Å². The van der Waals surface area contributed by atoms with Gasteiger partial charge in [-0.1, -0.05) is 83.5 Å². The normalized spacial score (nSPS) is 10.6. The number of rotatable bonds is 9. The highest BCUT2D eigenvalue weighted by atomic mass is 16.5. The number of hydrogen-bond donors (Lipinski definition) is 1. The number of nitrogens with zero attached hydrogens (tertiary/aromatic N) is 2. The number of amides is 2. The zero-order valence-electron chi connectivity index (χ0n) is 19.1. The van der Waals surface area contributed by atoms with Crippen molar-refractivity contribution in [2.75, 3.05) is 6.54 Å². The van der Waals surface area contributed by atoms with Crippen LogP contribution < -0.4 is 5.32 Å². The van der Waals surface area contributed by atoms with E-state index in [9.17, 15) is 9.59 Å². The summed E-state index contributed by atoms with van der Waals surface area (Å²) in [5.41, 5.74) is 4.10. The van der Waals surface area contributed by atoms with Crippen molar-refractivity contribution in [2.24, 2.45) is 0 Å². The monoisotopic (exact) mass is 453 g/mol. The van der Waals surface area contributed by atoms with Gasteiger partial charge in [0.15, 0.2) is 11.5 Å². The Labute approximate surface area is 199 Å². The molecule has 1 aromatic heterocycles. The van der Waals surface area contributed by atoms with Gasteiger partial charge in [-0.25, -0.2) is 0 Å². The van der Waals surface area contributed by atoms with Gasteiger partial charge in [-0.3, -0.25) is 9.59 Å². The summed E-state index contributed by atoms with van der Waals surface area (Å²) < 4.78 is 5.42. The van der Waals surface area contributed by atoms with Crippen molar-refractivity contribution in [3.05, 3.63) is 125 Å². The molecule has 4 aromatic rings. The molecule has 2 amide bonds. The van der Waals surface area contributed by atoms with Crippen molar-refractivity contribution in [3.8, 4) is 0 Å². The number of carbonyl (C=O) groups excluding carboxylic acids is 2. The molecule has 0 saturated heterocycles. The number of aryl methyl sites for hydroxylation is 1. The molecular weight excluding hydrogens is 426 g/mol. The molecule has 3 aromatic carbocycles. The second-order valence-corrected chi connectivity index (χ2v) is 8.18. The fraction of sp³-hybridized carbons (Fsp3) is 0.179. The second kappa shape index (κ2) is 11.1. The molecular formula is C28H27N3O3. The third-order valence-electron chi connectivity index (χ3n) is 5.53. The molecule has 0 saturated carbocycles. The van der Waals surface area contributed by atoms with Gasteiger partial charge >= 0.3 is 0 Å². The summed E-state index contributed by atoms with van der Waals surface area (Å²) in [5.74, 6) is 0.0388. The van der Waals surface area contributed by atoms with Crippen LogP contribution in [0.1, 0.15) is 43.3 Å². The maximum atomic E-state index is 13.2. The molecule has 34 heavy (non-hydrogen) atoms. The van der Waals surface area contributed by atoms with Crippen LogP contribution in [0.2, 0.25) is 0 Å². The smallest absolute Gasteiger partial charge is 0.273 e. The molecule has 6 nitrogen and oxygen atoms in total. The molecule has 0 spiro atoms. The highest BCUT2D eigenvalue weighted by Crippen LogP contribution is 2.14. The van der Waals surface area contributed by atoms with E-state index in [1.54, 1.807) is 23.1 Å². The van der Waals surface area contributed by atoms with Crippen molar-refractivity contribution in [1.29, 1.82) is 0 Å². The van der Waals surface area contributed by atoms with E-state index in [2.05, 4.69) is 10.5 Å². The first-order valence-electron chi connectivity index (χ1n) is 11.3. The van der Waals surface area contributed by atoms with E-state index >= 15 is 0 Å². The van der Waals surface area contributed by atoms with E-state index < -0.39 is 0 Å². The average molecular weight is 454 g/mol. The van der Waals surface area contributed by atoms with Gasteiger partial charge in [-0.05, 0) is 36.6 Å². The van der Waals surface area contributed by atoms with Crippen LogP contribution in [0.3, 0.4) is 0 Å². The number of hydrogen-bond acceptors (Lipinski definition) is 4. The summed E-state index contributed by atoms with van der Waals surface area (Å²) in [6.45, 7) is 3.15. The molecule has 1 heterocycles. The maximum absolute atomic E-state index is 13.2. The summed E-state index contributed by atoms with van der Waals surface area (Å²) in [7, 11) is 0. The van der Waals surface area contributed by atoms with Crippen LogP contribution in [-0.2, 0) is 19.5 Å². The third kappa shape index (κ3) is 6.19. The predicted octanol–water partition coefficient (Wildman–Crippen LogP) is 4.80. The minimum atomic E-state index is -0.319. The topological polar surface area (TPSA) is 75.4 Å². The van der Waals surface area contributed by atoms with Gasteiger partial charge in [0.2, 0.25) is 0 Å². The standard InChI is InChI=1S/C28H27N3O3/c1-21-12-14-23(15-13-21)19-29-27(32)26-18-25(34-30-26)20-31(17-16-22-8-4-2-5-9-22)28(33)24-10-6-3-7-11-24/h2-15,18H,16-17,19-20H2,1H3,(H,29,32). The molecule has 0 unspecified atom stereocenters. The fourth-order valence-electron chi connectivity index (χ4n) is 3.59. The predicted molar refractivity (Wildman–Crippen MR) is 130 cm³/mol. The second-order valence-electron chi connectivity index (χ2n) is 8.18. The van der Waals surface area contributed by atoms with Crippen LogP contribution in [0.15, 0.2) is 95.5 Å². The molecule has 1 N–H and O–H groups in total. The minimum Gasteiger partial charge on any atom is -0.359 e. The van der Waals surface area contributed by atoms with Crippen LogP contribution in [-0.4, -0.2) is 28.4 Å². The Morgan fingerprint density at radius 1 is 0.882 bits per heavy atom. The number of nitrogens with one attached hydrogen (secondary N) is 1. The van der Waals surface area contributed by atoms with Crippen LogP contribution in [0, 0.1) is 6.92 Å². The molecule has 4 rings (SSSR count). The van der Waals surface area contributed by atoms with E-state index in [1.165, 1.54) is 0 Å². The summed E-state index contributed by atoms with van der Waals surface area (Å²) >= 11 is 0. The first-order valence-corrected chi connectivity index (χ1v) is 11.3. The molecule has 0 aliphatic heterocycles. The zero-order chi connectivity index (χ0) is 23.8. The van der Waals surface area contributed by atoms with Crippen LogP contribution in [0.25, 0.3) is 0 Å². The molecule has 0 radical (unpaired) electrons. The van der Waals surface area contributed by atoms with Crippen molar-refractivity contribution in [2.45, 2.75) is 26.4 Å². The maximum Gasteiger partial charge on any atom is 0.273 e. The Balaban J connectivity index is 1.42. The van der Waals surface area contributed by atoms with Crippen LogP contribution in [0.4, 0.5) is 0 Å². The molecule has 0 bridgehead atoms. The summed E-state index contributed by atoms with van der Waals surface area (Å²) in [6, 6.07) is 28.7. The van der Waals surface area contributed by atoms with Crippen molar-refractivity contribution in [1.82, 2.24) is 15.4 Å². The summed E-state index contributed by atoms with van der Waals surface area (Å²) in [5, 5.41) is 6.78. The van der Waals surface area contributed by atoms with Gasteiger partial charge in [-0.2, -0.15) is 0 Å². The van der Waals surface area contributed by atoms with Crippen molar-refractivity contribution >= 4 is 11.8 Å². The molecule has 0 atom stereocenters. The highest BCUT2D eigenvalue weighted by Gasteiger charge is 2.20. The Hall–Kier alpha value is -4.19. The number of carbonyl (C=O) groups is 2. The fourth-order valence-corrected chi connectivity index (χ4v) is 3.59. The van der Waals surface area contributed by atoms with Crippen molar-refractivity contribution in [3.63, 3.8) is 0 Å². The largest absolute Gasteiger partial charge is 0.359 e. The lowest BCUT2D eigenvalue weighted by atomic mass is 10.1. The lowest BCUT2D eigenvalue weighted by molar-refractivity contribution is 0.0729. The van der Waals surface area contributed by atoms with Gasteiger partial charge in [-0.15, -0.1) is 0 Å². The van der Waals surface area contributed by atoms with E-state index in [0.717, 1.165) is 16.7 Å². The molecule has 0 fully saturated rings. The lowest BCUT2D eigenvalue weighted by Crippen LogP contribution is -2.32. The molecule has 172 valence electrons. The Morgan fingerprint density at radius 2 is 1.56 bits per heavy atom. The lowest BCUT2D eigenvalue weighted by Gasteiger charge is -2.21. The van der Waals surface area contributed by atoms with E-state index in [-0.39, 0.29) is 24.1 Å². The SMILES string of the molecule is Cc1ccc(CNC(=O)c2cc(CN(CCc3ccccc3)C(=O)c3ccccc3)on2)cc1. The van der Waals surface area contributed by atoms with Crippen LogP contribution in [0.5, 0.6) is 0 Å². The first kappa shape index (κ1) is 23.0. The van der Waals surface area contributed by atoms with Gasteiger partial charge in [0.05, 0.1) is 6.54 Å². The zero-order valence-corrected chi connectivity index (χ0v) is 19.1. The quantitative estimate of drug-likeness (QED) is 0.395. The molecule has 0 aliphatic rings. The number of aromatic nitrogens is 1. The minimum absolute atomic E-state index is 0.0988. The van der Waals surface area contributed by atoms with Gasteiger partial charge < -0.3 is 14.7 Å². The highest BCUT2D eigenvalue weighted by molar-refractivity contribution is 5.94. The summed E-state index contributed by atoms with van der Waals surface area (Å²) in [6.07, 6.45) is 0.706. The Morgan fingerprint density at radius 3 is 2.26 bits per heavy atom. The summed E-state index contributed by atoms with van der Waals surface area (Å²) in [4.78, 5) is 27.4. The van der Waals surface area contributed by atoms with Gasteiger partial charge in [0, 0.05) is 24.7 Å². The van der Waals surface area contributed by atoms with Gasteiger partial charge in [0.1, 0.15) is 0 Å². The molecule has 0 aliphatic carbocycles.